The predicted octanol–water partition coefficient (Wildman–Crippen LogP) is 6.36. The van der Waals surface area contributed by atoms with E-state index in [9.17, 15) is 18.0 Å². The Kier molecular flexibility index (Phi) is 10.2. The Morgan fingerprint density at radius 2 is 1.49 bits per heavy atom. The average molecular weight is 675 g/mol. The molecule has 0 atom stereocenters. The van der Waals surface area contributed by atoms with Gasteiger partial charge in [0.05, 0.1) is 27.4 Å². The van der Waals surface area contributed by atoms with E-state index in [1.54, 1.807) is 67.7 Å². The van der Waals surface area contributed by atoms with E-state index in [4.69, 9.17) is 4.74 Å². The molecule has 2 N–H and O–H groups in total. The number of amides is 2. The predicted molar refractivity (Wildman–Crippen MR) is 193 cm³/mol. The number of benzene rings is 5. The van der Waals surface area contributed by atoms with E-state index < -0.39 is 10.0 Å². The molecule has 0 bridgehead atoms. The summed E-state index contributed by atoms with van der Waals surface area (Å²) in [6.07, 6.45) is 0. The number of para-hydroxylation sites is 3. The number of nitrogens with one attached hydrogen (secondary N) is 2. The van der Waals surface area contributed by atoms with E-state index >= 15 is 0 Å². The third-order valence-corrected chi connectivity index (χ3v) is 10.5. The number of aryl methyl sites for hydroxylation is 1. The Morgan fingerprint density at radius 3 is 2.24 bits per heavy atom. The molecule has 49 heavy (non-hydrogen) atoms. The third kappa shape index (κ3) is 7.41. The quantitative estimate of drug-likeness (QED) is 0.179. The summed E-state index contributed by atoms with van der Waals surface area (Å²) in [5.74, 6) is -0.164. The van der Waals surface area contributed by atoms with E-state index in [-0.39, 0.29) is 23.3 Å². The molecule has 0 spiro atoms. The summed E-state index contributed by atoms with van der Waals surface area (Å²) in [5, 5.41) is 6.17. The fourth-order valence-electron chi connectivity index (χ4n) is 5.89. The number of carbonyl (C=O) groups is 2. The van der Waals surface area contributed by atoms with Crippen LogP contribution >= 0.6 is 0 Å². The van der Waals surface area contributed by atoms with Gasteiger partial charge in [0.1, 0.15) is 12.4 Å². The van der Waals surface area contributed by atoms with E-state index in [2.05, 4.69) is 10.6 Å². The van der Waals surface area contributed by atoms with Gasteiger partial charge in [-0.15, -0.1) is 0 Å². The summed E-state index contributed by atoms with van der Waals surface area (Å²) in [4.78, 5) is 29.5. The fraction of sp³-hybridized carbons (Fsp3) is 0.179. The first kappa shape index (κ1) is 33.6. The Hall–Kier alpha value is -5.29. The molecule has 250 valence electrons. The maximum absolute atomic E-state index is 14.0. The van der Waals surface area contributed by atoms with Gasteiger partial charge >= 0.3 is 0 Å². The standard InChI is InChI=1S/C39H38N4O5S/c1-28-11-10-15-32(30-12-4-3-5-13-30)37(28)38(44)41-34-16-7-6-14-33(34)39(45)42(2)35-17-8-9-18-36(35)48-27-29-19-21-31(22-20-29)49(46,47)43-25-23-40-24-26-43/h3-22,40H,23-27H2,1-2H3,(H,41,44). The average Bonchev–Trinajstić information content (AvgIpc) is 3.14. The smallest absolute Gasteiger partial charge is 0.260 e. The molecule has 5 aromatic carbocycles. The van der Waals surface area contributed by atoms with Crippen LogP contribution in [0.1, 0.15) is 31.8 Å². The van der Waals surface area contributed by atoms with Crippen molar-refractivity contribution in [3.8, 4) is 16.9 Å². The molecule has 0 aliphatic carbocycles. The molecule has 1 aliphatic rings. The lowest BCUT2D eigenvalue weighted by Gasteiger charge is -2.26. The zero-order valence-electron chi connectivity index (χ0n) is 27.4. The molecule has 5 aromatic rings. The van der Waals surface area contributed by atoms with Crippen molar-refractivity contribution < 1.29 is 22.7 Å². The molecule has 0 radical (unpaired) electrons. The van der Waals surface area contributed by atoms with E-state index in [1.165, 1.54) is 9.21 Å². The van der Waals surface area contributed by atoms with Crippen molar-refractivity contribution in [1.82, 2.24) is 9.62 Å². The minimum absolute atomic E-state index is 0.166. The third-order valence-electron chi connectivity index (χ3n) is 8.55. The lowest BCUT2D eigenvalue weighted by atomic mass is 9.95. The molecule has 0 unspecified atom stereocenters. The summed E-state index contributed by atoms with van der Waals surface area (Å²) in [6.45, 7) is 4.20. The summed E-state index contributed by atoms with van der Waals surface area (Å²) < 4.78 is 33.7. The van der Waals surface area contributed by atoms with Crippen molar-refractivity contribution in [1.29, 1.82) is 0 Å². The van der Waals surface area contributed by atoms with E-state index in [0.717, 1.165) is 22.3 Å². The van der Waals surface area contributed by atoms with Gasteiger partial charge in [-0.1, -0.05) is 84.9 Å². The van der Waals surface area contributed by atoms with Gasteiger partial charge in [-0.2, -0.15) is 4.31 Å². The summed E-state index contributed by atoms with van der Waals surface area (Å²) >= 11 is 0. The van der Waals surface area contributed by atoms with Gasteiger partial charge < -0.3 is 20.3 Å². The Balaban J connectivity index is 1.18. The maximum atomic E-state index is 14.0. The van der Waals surface area contributed by atoms with Gasteiger partial charge in [0, 0.05) is 33.2 Å². The van der Waals surface area contributed by atoms with Crippen LogP contribution < -0.4 is 20.3 Å². The molecule has 0 aromatic heterocycles. The van der Waals surface area contributed by atoms with Gasteiger partial charge in [0.25, 0.3) is 11.8 Å². The van der Waals surface area contributed by atoms with Gasteiger partial charge in [-0.3, -0.25) is 9.59 Å². The summed E-state index contributed by atoms with van der Waals surface area (Å²) in [7, 11) is -1.90. The zero-order valence-corrected chi connectivity index (χ0v) is 28.2. The first-order chi connectivity index (χ1) is 23.7. The fourth-order valence-corrected chi connectivity index (χ4v) is 7.33. The number of carbonyl (C=O) groups excluding carboxylic acids is 2. The second kappa shape index (κ2) is 14.9. The lowest BCUT2D eigenvalue weighted by Crippen LogP contribution is -2.46. The van der Waals surface area contributed by atoms with Crippen molar-refractivity contribution in [3.63, 3.8) is 0 Å². The maximum Gasteiger partial charge on any atom is 0.260 e. The largest absolute Gasteiger partial charge is 0.487 e. The molecule has 1 saturated heterocycles. The van der Waals surface area contributed by atoms with Gasteiger partial charge in [0.15, 0.2) is 0 Å². The summed E-state index contributed by atoms with van der Waals surface area (Å²) in [6, 6.07) is 36.3. The van der Waals surface area contributed by atoms with E-state index in [1.807, 2.05) is 67.6 Å². The number of hydrogen-bond acceptors (Lipinski definition) is 6. The number of hydrogen-bond donors (Lipinski definition) is 2. The lowest BCUT2D eigenvalue weighted by molar-refractivity contribution is 0.0993. The Bertz CT molecular complexity index is 2060. The first-order valence-corrected chi connectivity index (χ1v) is 17.5. The van der Waals surface area contributed by atoms with Crippen LogP contribution in [0.5, 0.6) is 5.75 Å². The molecule has 6 rings (SSSR count). The van der Waals surface area contributed by atoms with Crippen molar-refractivity contribution in [2.75, 3.05) is 43.4 Å². The van der Waals surface area contributed by atoms with Gasteiger partial charge in [0.2, 0.25) is 10.0 Å². The van der Waals surface area contributed by atoms with Gasteiger partial charge in [-0.05, 0) is 65.6 Å². The first-order valence-electron chi connectivity index (χ1n) is 16.1. The van der Waals surface area contributed by atoms with Crippen LogP contribution in [0.2, 0.25) is 0 Å². The van der Waals surface area contributed by atoms with Crippen LogP contribution in [0, 0.1) is 6.92 Å². The van der Waals surface area contributed by atoms with Crippen molar-refractivity contribution in [2.45, 2.75) is 18.4 Å². The zero-order chi connectivity index (χ0) is 34.4. The minimum atomic E-state index is -3.56. The highest BCUT2D eigenvalue weighted by atomic mass is 32.2. The normalized spacial score (nSPS) is 13.4. The molecule has 1 heterocycles. The Morgan fingerprint density at radius 1 is 0.816 bits per heavy atom. The molecule has 1 aliphatic heterocycles. The molecular formula is C39H38N4O5S. The van der Waals surface area contributed by atoms with Crippen molar-refractivity contribution in [3.05, 3.63) is 144 Å². The number of piperazine rings is 1. The molecule has 2 amide bonds. The molecule has 10 heteroatoms. The van der Waals surface area contributed by atoms with Crippen LogP contribution in [-0.2, 0) is 16.6 Å². The van der Waals surface area contributed by atoms with E-state index in [0.29, 0.717) is 54.4 Å². The highest BCUT2D eigenvalue weighted by Gasteiger charge is 2.26. The molecule has 9 nitrogen and oxygen atoms in total. The Labute approximate surface area is 287 Å². The minimum Gasteiger partial charge on any atom is -0.487 e. The highest BCUT2D eigenvalue weighted by molar-refractivity contribution is 7.89. The molecule has 0 saturated carbocycles. The van der Waals surface area contributed by atoms with Crippen molar-refractivity contribution in [2.24, 2.45) is 0 Å². The number of nitrogens with zero attached hydrogens (tertiary/aromatic N) is 2. The molecular weight excluding hydrogens is 637 g/mol. The number of rotatable bonds is 10. The topological polar surface area (TPSA) is 108 Å². The van der Waals surface area contributed by atoms with Crippen LogP contribution in [0.3, 0.4) is 0 Å². The molecule has 1 fully saturated rings. The number of sulfonamides is 1. The van der Waals surface area contributed by atoms with Crippen molar-refractivity contribution >= 4 is 33.2 Å². The second-order valence-corrected chi connectivity index (χ2v) is 13.7. The van der Waals surface area contributed by atoms with Crippen LogP contribution in [0.15, 0.2) is 126 Å². The monoisotopic (exact) mass is 674 g/mol. The summed E-state index contributed by atoms with van der Waals surface area (Å²) in [5.41, 5.74) is 5.12. The van der Waals surface area contributed by atoms with Crippen LogP contribution in [-0.4, -0.2) is 57.8 Å². The highest BCUT2D eigenvalue weighted by Crippen LogP contribution is 2.32. The van der Waals surface area contributed by atoms with Crippen LogP contribution in [0.25, 0.3) is 11.1 Å². The number of anilines is 2. The number of ether oxygens (including phenoxy) is 1. The van der Waals surface area contributed by atoms with Crippen LogP contribution in [0.4, 0.5) is 11.4 Å². The van der Waals surface area contributed by atoms with Gasteiger partial charge in [-0.25, -0.2) is 8.42 Å². The SMILES string of the molecule is Cc1cccc(-c2ccccc2)c1C(=O)Nc1ccccc1C(=O)N(C)c1ccccc1OCc1ccc(S(=O)(=O)N2CCNCC2)cc1. The second-order valence-electron chi connectivity index (χ2n) is 11.8.